The number of hydrogen-bond acceptors (Lipinski definition) is 3. The normalized spacial score (nSPS) is 12.7. The molecule has 0 fully saturated rings. The molecule has 0 aliphatic rings. The van der Waals surface area contributed by atoms with Crippen LogP contribution in [0.15, 0.2) is 30.6 Å². The van der Waals surface area contributed by atoms with Crippen molar-refractivity contribution in [2.75, 3.05) is 0 Å². The Hall–Kier alpha value is -1.79. The topological polar surface area (TPSA) is 55.9 Å². The molecule has 2 rings (SSSR count). The highest BCUT2D eigenvalue weighted by atomic mass is 19.1. The van der Waals surface area contributed by atoms with Crippen LogP contribution in [0.5, 0.6) is 0 Å². The van der Waals surface area contributed by atoms with Crippen molar-refractivity contribution in [1.82, 2.24) is 15.2 Å². The molecule has 4 nitrogen and oxygen atoms in total. The van der Waals surface area contributed by atoms with Crippen LogP contribution < -0.4 is 11.3 Å². The maximum absolute atomic E-state index is 13.6. The van der Waals surface area contributed by atoms with Crippen molar-refractivity contribution in [2.24, 2.45) is 12.9 Å². The van der Waals surface area contributed by atoms with Crippen molar-refractivity contribution in [3.8, 4) is 0 Å². The number of rotatable bonds is 4. The molecule has 0 aliphatic carbocycles. The van der Waals surface area contributed by atoms with E-state index in [-0.39, 0.29) is 0 Å². The Bertz CT molecular complexity index is 539. The Morgan fingerprint density at radius 3 is 2.78 bits per heavy atom. The van der Waals surface area contributed by atoms with Gasteiger partial charge in [-0.25, -0.2) is 8.78 Å². The summed E-state index contributed by atoms with van der Waals surface area (Å²) in [5, 5.41) is 4.03. The standard InChI is InChI=1S/C12H14F2N4/c1-18-7-8(6-16-18)4-12(17-15)10-3-2-9(13)5-11(10)14/h2-3,5-7,12,17H,4,15H2,1H3. The first kappa shape index (κ1) is 12.7. The molecule has 0 saturated carbocycles. The van der Waals surface area contributed by atoms with Gasteiger partial charge in [0.1, 0.15) is 11.6 Å². The molecular formula is C12H14F2N4. The summed E-state index contributed by atoms with van der Waals surface area (Å²) >= 11 is 0. The minimum absolute atomic E-state index is 0.336. The van der Waals surface area contributed by atoms with E-state index in [0.29, 0.717) is 12.0 Å². The molecule has 1 aromatic carbocycles. The molecule has 0 amide bonds. The predicted molar refractivity (Wildman–Crippen MR) is 63.3 cm³/mol. The van der Waals surface area contributed by atoms with E-state index in [1.54, 1.807) is 17.9 Å². The van der Waals surface area contributed by atoms with Gasteiger partial charge in [0, 0.05) is 24.9 Å². The van der Waals surface area contributed by atoms with Crippen molar-refractivity contribution >= 4 is 0 Å². The van der Waals surface area contributed by atoms with Crippen molar-refractivity contribution in [3.63, 3.8) is 0 Å². The van der Waals surface area contributed by atoms with Crippen molar-refractivity contribution in [1.29, 1.82) is 0 Å². The summed E-state index contributed by atoms with van der Waals surface area (Å²) in [4.78, 5) is 0. The Morgan fingerprint density at radius 1 is 1.44 bits per heavy atom. The fourth-order valence-corrected chi connectivity index (χ4v) is 1.86. The lowest BCUT2D eigenvalue weighted by Gasteiger charge is -2.16. The summed E-state index contributed by atoms with van der Waals surface area (Å²) in [6, 6.07) is 3.04. The summed E-state index contributed by atoms with van der Waals surface area (Å²) in [5.41, 5.74) is 3.79. The fourth-order valence-electron chi connectivity index (χ4n) is 1.86. The SMILES string of the molecule is Cn1cc(CC(NN)c2ccc(F)cc2F)cn1. The molecule has 18 heavy (non-hydrogen) atoms. The molecule has 0 bridgehead atoms. The van der Waals surface area contributed by atoms with Gasteiger partial charge >= 0.3 is 0 Å². The van der Waals surface area contributed by atoms with Gasteiger partial charge in [0.25, 0.3) is 0 Å². The predicted octanol–water partition coefficient (Wildman–Crippen LogP) is 1.45. The molecule has 1 atom stereocenters. The third-order valence-electron chi connectivity index (χ3n) is 2.74. The van der Waals surface area contributed by atoms with Gasteiger partial charge in [0.15, 0.2) is 0 Å². The average Bonchev–Trinajstić information content (AvgIpc) is 2.72. The second kappa shape index (κ2) is 5.24. The van der Waals surface area contributed by atoms with E-state index >= 15 is 0 Å². The Morgan fingerprint density at radius 2 is 2.22 bits per heavy atom. The van der Waals surface area contributed by atoms with Gasteiger partial charge < -0.3 is 0 Å². The van der Waals surface area contributed by atoms with Crippen molar-refractivity contribution < 1.29 is 8.78 Å². The zero-order chi connectivity index (χ0) is 13.1. The Kier molecular flexibility index (Phi) is 3.69. The summed E-state index contributed by atoms with van der Waals surface area (Å²) in [7, 11) is 1.80. The van der Waals surface area contributed by atoms with E-state index in [0.717, 1.165) is 11.6 Å². The molecule has 0 radical (unpaired) electrons. The molecule has 3 N–H and O–H groups in total. The molecule has 0 aliphatic heterocycles. The second-order valence-corrected chi connectivity index (χ2v) is 4.11. The molecule has 1 heterocycles. The lowest BCUT2D eigenvalue weighted by Crippen LogP contribution is -2.30. The molecule has 96 valence electrons. The maximum Gasteiger partial charge on any atom is 0.130 e. The van der Waals surface area contributed by atoms with Crippen molar-refractivity contribution in [3.05, 3.63) is 53.4 Å². The number of halogens is 2. The van der Waals surface area contributed by atoms with Crippen LogP contribution >= 0.6 is 0 Å². The zero-order valence-electron chi connectivity index (χ0n) is 9.90. The molecule has 1 unspecified atom stereocenters. The molecule has 0 saturated heterocycles. The quantitative estimate of drug-likeness (QED) is 0.639. The first-order chi connectivity index (χ1) is 8.60. The first-order valence-electron chi connectivity index (χ1n) is 5.48. The number of nitrogens with zero attached hydrogens (tertiary/aromatic N) is 2. The van der Waals surface area contributed by atoms with E-state index in [1.165, 1.54) is 12.1 Å². The Labute approximate surface area is 103 Å². The molecule has 2 aromatic rings. The number of hydrazine groups is 1. The number of aromatic nitrogens is 2. The highest BCUT2D eigenvalue weighted by Gasteiger charge is 2.16. The lowest BCUT2D eigenvalue weighted by atomic mass is 10.0. The molecule has 1 aromatic heterocycles. The van der Waals surface area contributed by atoms with Gasteiger partial charge in [0.05, 0.1) is 12.2 Å². The Balaban J connectivity index is 2.22. The lowest BCUT2D eigenvalue weighted by molar-refractivity contribution is 0.502. The number of aryl methyl sites for hydroxylation is 1. The molecule has 6 heteroatoms. The van der Waals surface area contributed by atoms with Crippen LogP contribution in [0.1, 0.15) is 17.2 Å². The van der Waals surface area contributed by atoms with Crippen molar-refractivity contribution in [2.45, 2.75) is 12.5 Å². The van der Waals surface area contributed by atoms with Gasteiger partial charge in [-0.15, -0.1) is 0 Å². The van der Waals surface area contributed by atoms with E-state index < -0.39 is 17.7 Å². The number of benzene rings is 1. The largest absolute Gasteiger partial charge is 0.276 e. The van der Waals surface area contributed by atoms with Crippen LogP contribution in [-0.4, -0.2) is 9.78 Å². The average molecular weight is 252 g/mol. The van der Waals surface area contributed by atoms with Crippen LogP contribution in [0.2, 0.25) is 0 Å². The maximum atomic E-state index is 13.6. The highest BCUT2D eigenvalue weighted by Crippen LogP contribution is 2.21. The summed E-state index contributed by atoms with van der Waals surface area (Å²) in [6.45, 7) is 0. The number of hydrogen-bond donors (Lipinski definition) is 2. The third kappa shape index (κ3) is 2.72. The van der Waals surface area contributed by atoms with Crippen LogP contribution in [0.25, 0.3) is 0 Å². The van der Waals surface area contributed by atoms with Crippen LogP contribution in [0.3, 0.4) is 0 Å². The molecule has 0 spiro atoms. The fraction of sp³-hybridized carbons (Fsp3) is 0.250. The highest BCUT2D eigenvalue weighted by molar-refractivity contribution is 5.24. The minimum Gasteiger partial charge on any atom is -0.276 e. The van der Waals surface area contributed by atoms with E-state index in [9.17, 15) is 8.78 Å². The zero-order valence-corrected chi connectivity index (χ0v) is 9.90. The summed E-state index contributed by atoms with van der Waals surface area (Å²) in [5.74, 6) is 4.22. The van der Waals surface area contributed by atoms with Crippen LogP contribution in [0.4, 0.5) is 8.78 Å². The van der Waals surface area contributed by atoms with Gasteiger partial charge in [-0.2, -0.15) is 5.10 Å². The van der Waals surface area contributed by atoms with E-state index in [1.807, 2.05) is 6.20 Å². The molecular weight excluding hydrogens is 238 g/mol. The van der Waals surface area contributed by atoms with Crippen LogP contribution in [0, 0.1) is 11.6 Å². The van der Waals surface area contributed by atoms with Gasteiger partial charge in [-0.3, -0.25) is 16.0 Å². The summed E-state index contributed by atoms with van der Waals surface area (Å²) in [6.07, 6.45) is 3.99. The van der Waals surface area contributed by atoms with Gasteiger partial charge in [-0.1, -0.05) is 6.07 Å². The van der Waals surface area contributed by atoms with Crippen LogP contribution in [-0.2, 0) is 13.5 Å². The summed E-state index contributed by atoms with van der Waals surface area (Å²) < 4.78 is 28.1. The number of nitrogens with two attached hydrogens (primary N) is 1. The smallest absolute Gasteiger partial charge is 0.130 e. The van der Waals surface area contributed by atoms with Gasteiger partial charge in [-0.05, 0) is 18.1 Å². The minimum atomic E-state index is -0.609. The second-order valence-electron chi connectivity index (χ2n) is 4.11. The first-order valence-corrected chi connectivity index (χ1v) is 5.48. The third-order valence-corrected chi connectivity index (χ3v) is 2.74. The van der Waals surface area contributed by atoms with E-state index in [4.69, 9.17) is 5.84 Å². The monoisotopic (exact) mass is 252 g/mol. The number of nitrogens with one attached hydrogen (secondary N) is 1. The van der Waals surface area contributed by atoms with Gasteiger partial charge in [0.2, 0.25) is 0 Å². The van der Waals surface area contributed by atoms with E-state index in [2.05, 4.69) is 10.5 Å².